The Morgan fingerprint density at radius 2 is 1.93 bits per heavy atom. The zero-order valence-corrected chi connectivity index (χ0v) is 15.9. The average Bonchev–Trinajstić information content (AvgIpc) is 2.66. The van der Waals surface area contributed by atoms with Gasteiger partial charge in [-0.05, 0) is 43.8 Å². The molecule has 2 unspecified atom stereocenters. The predicted molar refractivity (Wildman–Crippen MR) is 101 cm³/mol. The zero-order chi connectivity index (χ0) is 19.4. The van der Waals surface area contributed by atoms with Crippen molar-refractivity contribution in [2.24, 2.45) is 0 Å². The Hall–Kier alpha value is -2.60. The minimum Gasteiger partial charge on any atom is -0.486 e. The second kappa shape index (κ2) is 8.39. The monoisotopic (exact) mass is 372 g/mol. The van der Waals surface area contributed by atoms with Crippen molar-refractivity contribution in [3.05, 3.63) is 59.9 Å². The van der Waals surface area contributed by atoms with Crippen molar-refractivity contribution in [2.45, 2.75) is 25.6 Å². The molecule has 0 aromatic heterocycles. The van der Waals surface area contributed by atoms with Gasteiger partial charge in [-0.15, -0.1) is 0 Å². The Morgan fingerprint density at radius 1 is 1.19 bits per heavy atom. The lowest BCUT2D eigenvalue weighted by molar-refractivity contribution is -0.136. The number of likely N-dealkylation sites (N-methyl/N-ethyl adjacent to an activating group) is 2. The first-order valence-corrected chi connectivity index (χ1v) is 9.02. The molecule has 6 heteroatoms. The molecule has 0 aliphatic carbocycles. The average molecular weight is 372 g/mol. The molecule has 2 aromatic rings. The minimum absolute atomic E-state index is 0.0173. The quantitative estimate of drug-likeness (QED) is 0.782. The van der Waals surface area contributed by atoms with Gasteiger partial charge in [0.1, 0.15) is 12.4 Å². The minimum atomic E-state index is -0.338. The Kier molecular flexibility index (Phi) is 5.96. The maximum Gasteiger partial charge on any atom is 0.239 e. The van der Waals surface area contributed by atoms with E-state index >= 15 is 0 Å². The van der Waals surface area contributed by atoms with E-state index < -0.39 is 0 Å². The topological polar surface area (TPSA) is 42.0 Å². The number of hydrogen-bond acceptors (Lipinski definition) is 4. The molecule has 3 rings (SSSR count). The molecule has 0 radical (unpaired) electrons. The summed E-state index contributed by atoms with van der Waals surface area (Å²) in [6, 6.07) is 13.6. The van der Waals surface area contributed by atoms with Gasteiger partial charge in [0, 0.05) is 13.6 Å². The molecule has 1 amide bonds. The summed E-state index contributed by atoms with van der Waals surface area (Å²) in [7, 11) is 3.62. The third-order valence-corrected chi connectivity index (χ3v) is 4.76. The van der Waals surface area contributed by atoms with Gasteiger partial charge in [-0.2, -0.15) is 0 Å². The third-order valence-electron chi connectivity index (χ3n) is 4.76. The van der Waals surface area contributed by atoms with E-state index in [1.807, 2.05) is 49.2 Å². The molecule has 0 N–H and O–H groups in total. The molecular formula is C21H25FN2O3. The van der Waals surface area contributed by atoms with Crippen LogP contribution in [-0.2, 0) is 11.3 Å². The van der Waals surface area contributed by atoms with E-state index in [1.54, 1.807) is 18.0 Å². The van der Waals surface area contributed by atoms with Crippen molar-refractivity contribution in [1.29, 1.82) is 0 Å². The zero-order valence-electron chi connectivity index (χ0n) is 15.9. The highest BCUT2D eigenvalue weighted by molar-refractivity contribution is 5.81. The van der Waals surface area contributed by atoms with Gasteiger partial charge in [-0.3, -0.25) is 9.69 Å². The lowest BCUT2D eigenvalue weighted by atomic mass is 10.1. The molecule has 0 fully saturated rings. The SMILES string of the molecule is CC(C(=O)N(C)CC1COc2ccccc2O1)N(C)Cc1cccc(F)c1. The van der Waals surface area contributed by atoms with E-state index in [4.69, 9.17) is 9.47 Å². The van der Waals surface area contributed by atoms with Crippen molar-refractivity contribution in [3.8, 4) is 11.5 Å². The molecule has 2 atom stereocenters. The molecule has 27 heavy (non-hydrogen) atoms. The number of amides is 1. The van der Waals surface area contributed by atoms with Crippen molar-refractivity contribution in [1.82, 2.24) is 9.80 Å². The van der Waals surface area contributed by atoms with Crippen molar-refractivity contribution in [2.75, 3.05) is 27.2 Å². The van der Waals surface area contributed by atoms with Crippen LogP contribution in [0.1, 0.15) is 12.5 Å². The summed E-state index contributed by atoms with van der Waals surface area (Å²) >= 11 is 0. The van der Waals surface area contributed by atoms with Crippen LogP contribution in [0.25, 0.3) is 0 Å². The molecule has 2 aromatic carbocycles. The Bertz CT molecular complexity index is 799. The molecule has 0 bridgehead atoms. The maximum atomic E-state index is 13.4. The maximum absolute atomic E-state index is 13.4. The van der Waals surface area contributed by atoms with Gasteiger partial charge in [-0.25, -0.2) is 4.39 Å². The number of nitrogens with zero attached hydrogens (tertiary/aromatic N) is 2. The van der Waals surface area contributed by atoms with Crippen LogP contribution >= 0.6 is 0 Å². The van der Waals surface area contributed by atoms with Gasteiger partial charge in [0.05, 0.1) is 12.6 Å². The van der Waals surface area contributed by atoms with Crippen LogP contribution < -0.4 is 9.47 Å². The molecule has 0 saturated heterocycles. The van der Waals surface area contributed by atoms with Gasteiger partial charge in [0.2, 0.25) is 5.91 Å². The van der Waals surface area contributed by atoms with E-state index in [1.165, 1.54) is 12.1 Å². The van der Waals surface area contributed by atoms with Crippen molar-refractivity contribution < 1.29 is 18.7 Å². The number of para-hydroxylation sites is 2. The summed E-state index contributed by atoms with van der Waals surface area (Å²) in [5, 5.41) is 0. The van der Waals surface area contributed by atoms with E-state index in [0.29, 0.717) is 25.4 Å². The number of benzene rings is 2. The van der Waals surface area contributed by atoms with Gasteiger partial charge in [0.25, 0.3) is 0 Å². The highest BCUT2D eigenvalue weighted by Gasteiger charge is 2.27. The van der Waals surface area contributed by atoms with Crippen LogP contribution in [0.2, 0.25) is 0 Å². The second-order valence-corrected chi connectivity index (χ2v) is 6.94. The summed E-state index contributed by atoms with van der Waals surface area (Å²) in [5.41, 5.74) is 0.834. The van der Waals surface area contributed by atoms with Crippen LogP contribution in [0.15, 0.2) is 48.5 Å². The van der Waals surface area contributed by atoms with Gasteiger partial charge < -0.3 is 14.4 Å². The summed E-state index contributed by atoms with van der Waals surface area (Å²) in [4.78, 5) is 16.3. The Balaban J connectivity index is 1.55. The molecule has 0 saturated carbocycles. The number of rotatable bonds is 6. The van der Waals surface area contributed by atoms with Gasteiger partial charge in [-0.1, -0.05) is 24.3 Å². The normalized spacial score (nSPS) is 16.9. The second-order valence-electron chi connectivity index (χ2n) is 6.94. The lowest BCUT2D eigenvalue weighted by Gasteiger charge is -2.32. The number of fused-ring (bicyclic) bond motifs is 1. The molecule has 1 aliphatic heterocycles. The first-order chi connectivity index (χ1) is 12.9. The number of carbonyl (C=O) groups is 1. The summed E-state index contributed by atoms with van der Waals surface area (Å²) in [5.74, 6) is 1.14. The molecule has 1 aliphatic rings. The first-order valence-electron chi connectivity index (χ1n) is 9.02. The highest BCUT2D eigenvalue weighted by Crippen LogP contribution is 2.31. The molecule has 144 valence electrons. The number of halogens is 1. The third kappa shape index (κ3) is 4.77. The van der Waals surface area contributed by atoms with Crippen molar-refractivity contribution >= 4 is 5.91 Å². The fourth-order valence-corrected chi connectivity index (χ4v) is 3.12. The van der Waals surface area contributed by atoms with Crippen LogP contribution in [0.3, 0.4) is 0 Å². The Labute approximate surface area is 159 Å². The predicted octanol–water partition coefficient (Wildman–Crippen LogP) is 2.94. The number of hydrogen-bond donors (Lipinski definition) is 0. The van der Waals surface area contributed by atoms with Crippen molar-refractivity contribution in [3.63, 3.8) is 0 Å². The first kappa shape index (κ1) is 19.2. The fraction of sp³-hybridized carbons (Fsp3) is 0.381. The van der Waals surface area contributed by atoms with Crippen LogP contribution in [-0.4, -0.2) is 55.1 Å². The van der Waals surface area contributed by atoms with E-state index in [2.05, 4.69) is 0 Å². The summed E-state index contributed by atoms with van der Waals surface area (Å²) < 4.78 is 25.0. The van der Waals surface area contributed by atoms with Gasteiger partial charge in [0.15, 0.2) is 17.6 Å². The number of ether oxygens (including phenoxy) is 2. The number of carbonyl (C=O) groups excluding carboxylic acids is 1. The van der Waals surface area contributed by atoms with E-state index in [0.717, 1.165) is 11.3 Å². The smallest absolute Gasteiger partial charge is 0.239 e. The molecule has 5 nitrogen and oxygen atoms in total. The van der Waals surface area contributed by atoms with E-state index in [-0.39, 0.29) is 23.9 Å². The van der Waals surface area contributed by atoms with Gasteiger partial charge >= 0.3 is 0 Å². The largest absolute Gasteiger partial charge is 0.486 e. The summed E-state index contributed by atoms with van der Waals surface area (Å²) in [6.45, 7) is 3.19. The Morgan fingerprint density at radius 3 is 2.67 bits per heavy atom. The molecular weight excluding hydrogens is 347 g/mol. The fourth-order valence-electron chi connectivity index (χ4n) is 3.12. The lowest BCUT2D eigenvalue weighted by Crippen LogP contribution is -2.48. The van der Waals surface area contributed by atoms with Crippen LogP contribution in [0, 0.1) is 5.82 Å². The van der Waals surface area contributed by atoms with E-state index in [9.17, 15) is 9.18 Å². The van der Waals surface area contributed by atoms with Crippen LogP contribution in [0.5, 0.6) is 11.5 Å². The molecule has 0 spiro atoms. The highest BCUT2D eigenvalue weighted by atomic mass is 19.1. The standard InChI is InChI=1S/C21H25FN2O3/c1-15(23(2)12-16-7-6-8-17(22)11-16)21(25)24(3)13-18-14-26-19-9-4-5-10-20(19)27-18/h4-11,15,18H,12-14H2,1-3H3. The molecule has 1 heterocycles. The summed E-state index contributed by atoms with van der Waals surface area (Å²) in [6.07, 6.45) is -0.213. The van der Waals surface area contributed by atoms with Crippen LogP contribution in [0.4, 0.5) is 4.39 Å².